The van der Waals surface area contributed by atoms with Gasteiger partial charge in [0.05, 0.1) is 19.4 Å². The number of nitrogens with one attached hydrogen (secondary N) is 4. The van der Waals surface area contributed by atoms with Crippen LogP contribution in [-0.4, -0.2) is 75.7 Å². The van der Waals surface area contributed by atoms with Crippen molar-refractivity contribution in [3.05, 3.63) is 0 Å². The van der Waals surface area contributed by atoms with E-state index in [9.17, 15) is 28.8 Å². The van der Waals surface area contributed by atoms with Crippen LogP contribution in [-0.2, 0) is 24.0 Å². The number of rotatable bonds is 10. The molecule has 0 aromatic heterocycles. The Hall–Kier alpha value is -3.46. The molecule has 3 unspecified atom stereocenters. The van der Waals surface area contributed by atoms with Crippen LogP contribution < -0.4 is 33.0 Å². The summed E-state index contributed by atoms with van der Waals surface area (Å²) in [6.07, 6.45) is -1.66. The van der Waals surface area contributed by atoms with Crippen molar-refractivity contribution in [1.29, 1.82) is 0 Å². The van der Waals surface area contributed by atoms with Gasteiger partial charge in [-0.3, -0.25) is 30.0 Å². The molecule has 0 aliphatic carbocycles. The third kappa shape index (κ3) is 9.56. The number of amides is 5. The van der Waals surface area contributed by atoms with Crippen LogP contribution in [0.5, 0.6) is 0 Å². The van der Waals surface area contributed by atoms with Crippen molar-refractivity contribution < 1.29 is 44.1 Å². The summed E-state index contributed by atoms with van der Waals surface area (Å²) in [4.78, 5) is 67.6. The molecular weight excluding hydrogens is 372 g/mol. The maximum absolute atomic E-state index is 11.9. The Balaban J connectivity index is 4.93. The highest BCUT2D eigenvalue weighted by Gasteiger charge is 2.27. The summed E-state index contributed by atoms with van der Waals surface area (Å²) in [6, 6.07) is -6.05. The van der Waals surface area contributed by atoms with Gasteiger partial charge in [-0.05, 0) is 0 Å². The van der Waals surface area contributed by atoms with Crippen molar-refractivity contribution >= 4 is 35.7 Å². The number of carboxylic acid groups (broad SMARTS) is 2. The fourth-order valence-electron chi connectivity index (χ4n) is 1.53. The molecule has 11 N–H and O–H groups in total. The first-order valence-corrected chi connectivity index (χ1v) is 7.24. The minimum absolute atomic E-state index is 0.715. The molecule has 0 aliphatic heterocycles. The maximum atomic E-state index is 11.9. The Labute approximate surface area is 151 Å². The fraction of sp³-hybridized carbons (Fsp3) is 0.500. The molecule has 152 valence electrons. The number of carbonyl (C=O) groups is 6. The largest absolute Gasteiger partial charge is 0.481 e. The molecule has 0 spiro atoms. The molecule has 0 radical (unpaired) electrons. The van der Waals surface area contributed by atoms with Gasteiger partial charge >= 0.3 is 18.0 Å². The molecule has 0 fully saturated rings. The zero-order chi connectivity index (χ0) is 21.1. The predicted octanol–water partition coefficient (Wildman–Crippen LogP) is -5.08. The lowest BCUT2D eigenvalue weighted by molar-refractivity contribution is -0.145. The average molecular weight is 392 g/mol. The summed E-state index contributed by atoms with van der Waals surface area (Å²) in [5, 5.41) is 29.8. The van der Waals surface area contributed by atoms with Gasteiger partial charge in [-0.15, -0.1) is 0 Å². The number of hydrogen-bond acceptors (Lipinski definition) is 8. The number of aliphatic carboxylic acids is 2. The molecule has 5 amide bonds. The van der Waals surface area contributed by atoms with Crippen LogP contribution in [0.25, 0.3) is 0 Å². The van der Waals surface area contributed by atoms with E-state index >= 15 is 0 Å². The zero-order valence-corrected chi connectivity index (χ0v) is 13.8. The van der Waals surface area contributed by atoms with Crippen molar-refractivity contribution in [2.24, 2.45) is 11.5 Å². The number of primary amides is 1. The van der Waals surface area contributed by atoms with Gasteiger partial charge in [-0.25, -0.2) is 9.59 Å². The number of urea groups is 1. The van der Waals surface area contributed by atoms with Gasteiger partial charge in [-0.1, -0.05) is 0 Å². The van der Waals surface area contributed by atoms with E-state index in [1.807, 2.05) is 16.2 Å². The summed E-state index contributed by atoms with van der Waals surface area (Å²) in [6.45, 7) is -0.715. The Kier molecular flexibility index (Phi) is 9.78. The van der Waals surface area contributed by atoms with Gasteiger partial charge in [0.25, 0.3) is 11.8 Å². The van der Waals surface area contributed by atoms with Crippen LogP contribution in [0.4, 0.5) is 4.79 Å². The molecular formula is C12H20N6O9. The topological polar surface area (TPSA) is 263 Å². The second kappa shape index (κ2) is 11.2. The zero-order valence-electron chi connectivity index (χ0n) is 13.8. The fourth-order valence-corrected chi connectivity index (χ4v) is 1.53. The van der Waals surface area contributed by atoms with E-state index in [4.69, 9.17) is 26.8 Å². The van der Waals surface area contributed by atoms with Gasteiger partial charge in [-0.2, -0.15) is 0 Å². The number of aliphatic hydroxyl groups excluding tert-OH is 1. The first-order chi connectivity index (χ1) is 12.5. The van der Waals surface area contributed by atoms with Crippen LogP contribution >= 0.6 is 0 Å². The predicted molar refractivity (Wildman–Crippen MR) is 84.3 cm³/mol. The SMILES string of the molecule is NC(=O)CC(NC(=O)NC(CC(=O)O)C(=O)O)C(=O)NNC(=O)C(N)CO. The van der Waals surface area contributed by atoms with E-state index in [-0.39, 0.29) is 0 Å². The number of carbonyl (C=O) groups excluding carboxylic acids is 4. The highest BCUT2D eigenvalue weighted by molar-refractivity contribution is 5.94. The Morgan fingerprint density at radius 2 is 1.37 bits per heavy atom. The lowest BCUT2D eigenvalue weighted by Crippen LogP contribution is -2.58. The molecule has 3 atom stereocenters. The molecule has 0 saturated carbocycles. The van der Waals surface area contributed by atoms with Crippen molar-refractivity contribution in [3.8, 4) is 0 Å². The second-order valence-electron chi connectivity index (χ2n) is 5.10. The summed E-state index contributed by atoms with van der Waals surface area (Å²) >= 11 is 0. The summed E-state index contributed by atoms with van der Waals surface area (Å²) in [7, 11) is 0. The number of carboxylic acids is 2. The van der Waals surface area contributed by atoms with E-state index in [0.717, 1.165) is 0 Å². The molecule has 15 nitrogen and oxygen atoms in total. The molecule has 0 heterocycles. The lowest BCUT2D eigenvalue weighted by atomic mass is 10.2. The van der Waals surface area contributed by atoms with Crippen molar-refractivity contribution in [2.75, 3.05) is 6.61 Å². The van der Waals surface area contributed by atoms with Crippen molar-refractivity contribution in [1.82, 2.24) is 21.5 Å². The second-order valence-corrected chi connectivity index (χ2v) is 5.10. The van der Waals surface area contributed by atoms with E-state index in [2.05, 4.69) is 0 Å². The van der Waals surface area contributed by atoms with Gasteiger partial charge in [0.15, 0.2) is 0 Å². The Bertz CT molecular complexity index is 610. The van der Waals surface area contributed by atoms with Crippen LogP contribution in [0.2, 0.25) is 0 Å². The molecule has 0 rings (SSSR count). The molecule has 27 heavy (non-hydrogen) atoms. The van der Waals surface area contributed by atoms with Crippen LogP contribution in [0, 0.1) is 0 Å². The van der Waals surface area contributed by atoms with E-state index in [0.29, 0.717) is 0 Å². The summed E-state index contributed by atoms with van der Waals surface area (Å²) in [5.41, 5.74) is 13.8. The molecule has 0 aromatic rings. The molecule has 0 aliphatic rings. The first kappa shape index (κ1) is 23.5. The third-order valence-corrected chi connectivity index (χ3v) is 2.85. The van der Waals surface area contributed by atoms with Gasteiger partial charge < -0.3 is 37.4 Å². The lowest BCUT2D eigenvalue weighted by Gasteiger charge is -2.20. The monoisotopic (exact) mass is 392 g/mol. The number of nitrogens with two attached hydrogens (primary N) is 2. The summed E-state index contributed by atoms with van der Waals surface area (Å²) < 4.78 is 0. The highest BCUT2D eigenvalue weighted by Crippen LogP contribution is 1.96. The Morgan fingerprint density at radius 1 is 0.852 bits per heavy atom. The minimum atomic E-state index is -1.80. The molecule has 0 saturated heterocycles. The maximum Gasteiger partial charge on any atom is 0.326 e. The third-order valence-electron chi connectivity index (χ3n) is 2.85. The average Bonchev–Trinajstić information content (AvgIpc) is 2.56. The number of hydrogen-bond donors (Lipinski definition) is 9. The Morgan fingerprint density at radius 3 is 1.81 bits per heavy atom. The van der Waals surface area contributed by atoms with Crippen LogP contribution in [0.3, 0.4) is 0 Å². The van der Waals surface area contributed by atoms with Gasteiger partial charge in [0, 0.05) is 0 Å². The van der Waals surface area contributed by atoms with Gasteiger partial charge in [0.1, 0.15) is 18.1 Å². The first-order valence-electron chi connectivity index (χ1n) is 7.24. The van der Waals surface area contributed by atoms with Gasteiger partial charge in [0.2, 0.25) is 5.91 Å². The van der Waals surface area contributed by atoms with Crippen LogP contribution in [0.1, 0.15) is 12.8 Å². The summed E-state index contributed by atoms with van der Waals surface area (Å²) in [5.74, 6) is -6.26. The minimum Gasteiger partial charge on any atom is -0.481 e. The molecule has 15 heteroatoms. The molecule has 0 aromatic carbocycles. The van der Waals surface area contributed by atoms with Crippen LogP contribution in [0.15, 0.2) is 0 Å². The smallest absolute Gasteiger partial charge is 0.326 e. The normalized spacial score (nSPS) is 13.4. The van der Waals surface area contributed by atoms with E-state index in [1.165, 1.54) is 0 Å². The number of hydrazine groups is 1. The highest BCUT2D eigenvalue weighted by atomic mass is 16.4. The number of aliphatic hydroxyl groups is 1. The standard InChI is InChI=1S/C12H20N6O9/c13-4(3-19)9(23)17-18-10(24)5(1-7(14)20)15-12(27)16-6(11(25)26)2-8(21)22/h4-6,19H,1-3,13H2,(H2,14,20)(H,17,23)(H,18,24)(H,21,22)(H,25,26)(H2,15,16,27). The van der Waals surface area contributed by atoms with Crippen molar-refractivity contribution in [2.45, 2.75) is 31.0 Å². The van der Waals surface area contributed by atoms with Crippen molar-refractivity contribution in [3.63, 3.8) is 0 Å². The molecule has 0 bridgehead atoms. The quantitative estimate of drug-likeness (QED) is 0.160. The van der Waals surface area contributed by atoms with E-state index in [1.54, 1.807) is 5.32 Å². The van der Waals surface area contributed by atoms with E-state index < -0.39 is 73.3 Å².